The first kappa shape index (κ1) is 13.4. The highest BCUT2D eigenvalue weighted by atomic mass is 16.6. The fourth-order valence-electron chi connectivity index (χ4n) is 1.92. The molecule has 0 bridgehead atoms. The number of aliphatic hydroxyl groups is 1. The summed E-state index contributed by atoms with van der Waals surface area (Å²) in [4.78, 5) is 19.9. The van der Waals surface area contributed by atoms with E-state index in [9.17, 15) is 10.1 Å². The molecule has 0 aromatic carbocycles. The van der Waals surface area contributed by atoms with E-state index in [0.29, 0.717) is 19.7 Å². The van der Waals surface area contributed by atoms with Gasteiger partial charge in [-0.1, -0.05) is 0 Å². The zero-order valence-electron chi connectivity index (χ0n) is 10.4. The zero-order chi connectivity index (χ0) is 13.8. The van der Waals surface area contributed by atoms with Gasteiger partial charge in [-0.25, -0.2) is 4.98 Å². The van der Waals surface area contributed by atoms with E-state index >= 15 is 0 Å². The highest BCUT2D eigenvalue weighted by Crippen LogP contribution is 2.33. The van der Waals surface area contributed by atoms with E-state index in [0.717, 1.165) is 0 Å². The maximum absolute atomic E-state index is 11.1. The summed E-state index contributed by atoms with van der Waals surface area (Å²) in [6.07, 6.45) is 0.833. The highest BCUT2D eigenvalue weighted by Gasteiger charge is 2.31. The highest BCUT2D eigenvalue weighted by molar-refractivity contribution is 5.62. The van der Waals surface area contributed by atoms with Crippen LogP contribution < -0.4 is 9.64 Å². The lowest BCUT2D eigenvalue weighted by molar-refractivity contribution is -0.385. The van der Waals surface area contributed by atoms with Gasteiger partial charge < -0.3 is 19.5 Å². The monoisotopic (exact) mass is 270 g/mol. The van der Waals surface area contributed by atoms with Gasteiger partial charge in [-0.2, -0.15) is 4.98 Å². The summed E-state index contributed by atoms with van der Waals surface area (Å²) in [6, 6.07) is 0. The molecule has 0 spiro atoms. The topological polar surface area (TPSA) is 111 Å². The lowest BCUT2D eigenvalue weighted by Crippen LogP contribution is -2.44. The molecule has 1 unspecified atom stereocenters. The van der Waals surface area contributed by atoms with Crippen molar-refractivity contribution in [2.75, 3.05) is 38.3 Å². The Balaban J connectivity index is 2.35. The lowest BCUT2D eigenvalue weighted by atomic mass is 10.2. The van der Waals surface area contributed by atoms with Gasteiger partial charge in [-0.3, -0.25) is 10.1 Å². The molecule has 2 heterocycles. The minimum absolute atomic E-state index is 0.0814. The molecule has 1 aromatic rings. The Kier molecular flexibility index (Phi) is 4.07. The van der Waals surface area contributed by atoms with Gasteiger partial charge in [0.2, 0.25) is 5.82 Å². The first-order chi connectivity index (χ1) is 9.17. The molecule has 0 radical (unpaired) electrons. The van der Waals surface area contributed by atoms with Crippen LogP contribution >= 0.6 is 0 Å². The van der Waals surface area contributed by atoms with Crippen LogP contribution in [0.15, 0.2) is 6.33 Å². The Morgan fingerprint density at radius 1 is 1.68 bits per heavy atom. The van der Waals surface area contributed by atoms with E-state index in [-0.39, 0.29) is 30.1 Å². The molecule has 1 aromatic heterocycles. The second kappa shape index (κ2) is 5.76. The number of rotatable bonds is 4. The van der Waals surface area contributed by atoms with Crippen LogP contribution in [0.3, 0.4) is 0 Å². The number of aromatic nitrogens is 2. The molecule has 1 N–H and O–H groups in total. The zero-order valence-corrected chi connectivity index (χ0v) is 10.4. The van der Waals surface area contributed by atoms with Gasteiger partial charge in [0.25, 0.3) is 5.88 Å². The summed E-state index contributed by atoms with van der Waals surface area (Å²) in [5, 5.41) is 20.2. The Morgan fingerprint density at radius 2 is 2.47 bits per heavy atom. The van der Waals surface area contributed by atoms with Crippen molar-refractivity contribution in [1.82, 2.24) is 9.97 Å². The summed E-state index contributed by atoms with van der Waals surface area (Å²) in [7, 11) is 1.31. The van der Waals surface area contributed by atoms with Gasteiger partial charge >= 0.3 is 5.69 Å². The SMILES string of the molecule is COc1ncnc(N2CCOC(CO)C2)c1[N+](=O)[O-]. The fraction of sp³-hybridized carbons (Fsp3) is 0.600. The molecule has 1 aliphatic rings. The Bertz CT molecular complexity index is 469. The quantitative estimate of drug-likeness (QED) is 0.580. The van der Waals surface area contributed by atoms with Crippen LogP contribution in [0.25, 0.3) is 0 Å². The summed E-state index contributed by atoms with van der Waals surface area (Å²) in [5.74, 6) is 0.0978. The van der Waals surface area contributed by atoms with Crippen LogP contribution in [0.2, 0.25) is 0 Å². The average Bonchev–Trinajstić information content (AvgIpc) is 2.46. The number of nitro groups is 1. The smallest absolute Gasteiger partial charge is 0.372 e. The first-order valence-electron chi connectivity index (χ1n) is 5.68. The number of anilines is 1. The molecule has 9 nitrogen and oxygen atoms in total. The van der Waals surface area contributed by atoms with Gasteiger partial charge in [0.15, 0.2) is 0 Å². The molecule has 1 saturated heterocycles. The molecule has 19 heavy (non-hydrogen) atoms. The van der Waals surface area contributed by atoms with Crippen molar-refractivity contribution in [3.63, 3.8) is 0 Å². The Labute approximate surface area is 108 Å². The van der Waals surface area contributed by atoms with Crippen molar-refractivity contribution in [1.29, 1.82) is 0 Å². The molecule has 0 aliphatic carbocycles. The van der Waals surface area contributed by atoms with E-state index in [1.54, 1.807) is 4.90 Å². The van der Waals surface area contributed by atoms with Crippen molar-refractivity contribution in [2.24, 2.45) is 0 Å². The molecule has 1 fully saturated rings. The molecular formula is C10H14N4O5. The van der Waals surface area contributed by atoms with Gasteiger partial charge in [0.1, 0.15) is 6.33 Å². The molecule has 9 heteroatoms. The number of hydrogen-bond donors (Lipinski definition) is 1. The average molecular weight is 270 g/mol. The molecule has 1 aliphatic heterocycles. The third kappa shape index (κ3) is 2.71. The summed E-state index contributed by atoms with van der Waals surface area (Å²) in [6.45, 7) is 1.01. The van der Waals surface area contributed by atoms with Gasteiger partial charge in [-0.05, 0) is 0 Å². The molecule has 0 amide bonds. The number of morpholine rings is 1. The standard InChI is InChI=1S/C10H14N4O5/c1-18-10-8(14(16)17)9(11-6-12-10)13-2-3-19-7(4-13)5-15/h6-7,15H,2-5H2,1H3. The van der Waals surface area contributed by atoms with Gasteiger partial charge in [0, 0.05) is 13.1 Å². The van der Waals surface area contributed by atoms with Crippen LogP contribution in [0, 0.1) is 10.1 Å². The van der Waals surface area contributed by atoms with Crippen LogP contribution in [-0.2, 0) is 4.74 Å². The summed E-state index contributed by atoms with van der Waals surface area (Å²) in [5.41, 5.74) is -0.274. The van der Waals surface area contributed by atoms with E-state index in [1.807, 2.05) is 0 Å². The van der Waals surface area contributed by atoms with E-state index in [2.05, 4.69) is 9.97 Å². The maximum Gasteiger partial charge on any atom is 0.372 e. The normalized spacial score (nSPS) is 19.3. The third-order valence-electron chi connectivity index (χ3n) is 2.79. The third-order valence-corrected chi connectivity index (χ3v) is 2.79. The minimum atomic E-state index is -0.572. The number of aliphatic hydroxyl groups excluding tert-OH is 1. The molecule has 1 atom stereocenters. The van der Waals surface area contributed by atoms with Gasteiger partial charge in [0.05, 0.1) is 31.4 Å². The second-order valence-corrected chi connectivity index (χ2v) is 3.93. The van der Waals surface area contributed by atoms with E-state index in [4.69, 9.17) is 14.6 Å². The summed E-state index contributed by atoms with van der Waals surface area (Å²) >= 11 is 0. The van der Waals surface area contributed by atoms with Gasteiger partial charge in [-0.15, -0.1) is 0 Å². The number of methoxy groups -OCH3 is 1. The van der Waals surface area contributed by atoms with E-state index < -0.39 is 4.92 Å². The summed E-state index contributed by atoms with van der Waals surface area (Å²) < 4.78 is 10.2. The first-order valence-corrected chi connectivity index (χ1v) is 5.68. The minimum Gasteiger partial charge on any atom is -0.476 e. The number of ether oxygens (including phenoxy) is 2. The molecule has 104 valence electrons. The van der Waals surface area contributed by atoms with E-state index in [1.165, 1.54) is 13.4 Å². The molecule has 0 saturated carbocycles. The molecule has 2 rings (SSSR count). The Hall–Kier alpha value is -2.00. The van der Waals surface area contributed by atoms with Crippen molar-refractivity contribution < 1.29 is 19.5 Å². The van der Waals surface area contributed by atoms with Crippen LogP contribution in [-0.4, -0.2) is 59.5 Å². The largest absolute Gasteiger partial charge is 0.476 e. The fourth-order valence-corrected chi connectivity index (χ4v) is 1.92. The van der Waals surface area contributed by atoms with Crippen LogP contribution in [0.1, 0.15) is 0 Å². The lowest BCUT2D eigenvalue weighted by Gasteiger charge is -2.32. The van der Waals surface area contributed by atoms with Crippen molar-refractivity contribution in [3.05, 3.63) is 16.4 Å². The predicted molar refractivity (Wildman–Crippen MR) is 64.3 cm³/mol. The number of nitrogens with zero attached hydrogens (tertiary/aromatic N) is 4. The van der Waals surface area contributed by atoms with Crippen LogP contribution in [0.5, 0.6) is 5.88 Å². The number of hydrogen-bond acceptors (Lipinski definition) is 8. The van der Waals surface area contributed by atoms with Crippen molar-refractivity contribution in [3.8, 4) is 5.88 Å². The Morgan fingerprint density at radius 3 is 3.11 bits per heavy atom. The second-order valence-electron chi connectivity index (χ2n) is 3.93. The van der Waals surface area contributed by atoms with Crippen molar-refractivity contribution in [2.45, 2.75) is 6.10 Å². The van der Waals surface area contributed by atoms with Crippen LogP contribution in [0.4, 0.5) is 11.5 Å². The molecular weight excluding hydrogens is 256 g/mol. The predicted octanol–water partition coefficient (Wildman–Crippen LogP) is -0.409. The maximum atomic E-state index is 11.1. The van der Waals surface area contributed by atoms with Crippen molar-refractivity contribution >= 4 is 11.5 Å².